The highest BCUT2D eigenvalue weighted by atomic mass is 16.2. The summed E-state index contributed by atoms with van der Waals surface area (Å²) >= 11 is 0. The fourth-order valence-corrected chi connectivity index (χ4v) is 4.30. The molecule has 1 aliphatic heterocycles. The van der Waals surface area contributed by atoms with Crippen LogP contribution in [0.3, 0.4) is 0 Å². The summed E-state index contributed by atoms with van der Waals surface area (Å²) in [6, 6.07) is -0.357. The first-order valence-electron chi connectivity index (χ1n) is 10.5. The molecule has 1 saturated heterocycles. The summed E-state index contributed by atoms with van der Waals surface area (Å²) in [7, 11) is 0. The van der Waals surface area contributed by atoms with E-state index in [0.717, 1.165) is 38.9 Å². The molecule has 146 valence electrons. The second-order valence-electron chi connectivity index (χ2n) is 8.38. The van der Waals surface area contributed by atoms with Crippen LogP contribution in [-0.4, -0.2) is 44.9 Å². The van der Waals surface area contributed by atoms with Crippen molar-refractivity contribution in [3.8, 4) is 0 Å². The Balaban J connectivity index is 1.47. The maximum Gasteiger partial charge on any atom is 0.239 e. The van der Waals surface area contributed by atoms with Crippen molar-refractivity contribution in [2.75, 3.05) is 13.1 Å². The second kappa shape index (κ2) is 8.98. The normalized spacial score (nSPS) is 22.3. The quantitative estimate of drug-likeness (QED) is 0.845. The van der Waals surface area contributed by atoms with Gasteiger partial charge in [-0.25, -0.2) is 0 Å². The molecule has 6 nitrogen and oxygen atoms in total. The van der Waals surface area contributed by atoms with Crippen LogP contribution in [0, 0.1) is 11.8 Å². The van der Waals surface area contributed by atoms with Crippen LogP contribution in [0.15, 0.2) is 6.20 Å². The topological polar surface area (TPSA) is 77.0 Å². The van der Waals surface area contributed by atoms with Crippen molar-refractivity contribution in [2.24, 2.45) is 17.6 Å². The van der Waals surface area contributed by atoms with Crippen molar-refractivity contribution in [3.63, 3.8) is 0 Å². The molecule has 1 aromatic heterocycles. The van der Waals surface area contributed by atoms with Gasteiger partial charge in [-0.05, 0) is 37.5 Å². The summed E-state index contributed by atoms with van der Waals surface area (Å²) in [5.74, 6) is 1.55. The highest BCUT2D eigenvalue weighted by Crippen LogP contribution is 2.31. The number of nitrogens with zero attached hydrogens (tertiary/aromatic N) is 4. The Labute approximate surface area is 157 Å². The Bertz CT molecular complexity index is 573. The van der Waals surface area contributed by atoms with Crippen LogP contribution in [0.1, 0.15) is 76.8 Å². The van der Waals surface area contributed by atoms with E-state index in [-0.39, 0.29) is 17.9 Å². The van der Waals surface area contributed by atoms with E-state index < -0.39 is 0 Å². The summed E-state index contributed by atoms with van der Waals surface area (Å²) in [6.07, 6.45) is 11.7. The molecule has 6 heteroatoms. The molecule has 0 radical (unpaired) electrons. The summed E-state index contributed by atoms with van der Waals surface area (Å²) in [5, 5.41) is 8.80. The molecule has 2 atom stereocenters. The number of piperidine rings is 1. The minimum atomic E-state index is -0.357. The van der Waals surface area contributed by atoms with E-state index in [4.69, 9.17) is 5.73 Å². The van der Waals surface area contributed by atoms with Crippen molar-refractivity contribution in [3.05, 3.63) is 11.9 Å². The van der Waals surface area contributed by atoms with Gasteiger partial charge < -0.3 is 10.6 Å². The maximum atomic E-state index is 12.5. The van der Waals surface area contributed by atoms with Gasteiger partial charge >= 0.3 is 0 Å². The lowest BCUT2D eigenvalue weighted by molar-refractivity contribution is -0.135. The van der Waals surface area contributed by atoms with Gasteiger partial charge in [-0.1, -0.05) is 44.7 Å². The minimum Gasteiger partial charge on any atom is -0.341 e. The van der Waals surface area contributed by atoms with Gasteiger partial charge in [0.1, 0.15) is 0 Å². The first-order chi connectivity index (χ1) is 12.6. The number of carbonyl (C=O) groups is 1. The summed E-state index contributed by atoms with van der Waals surface area (Å²) in [6.45, 7) is 6.70. The lowest BCUT2D eigenvalue weighted by Crippen LogP contribution is -2.49. The molecule has 0 unspecified atom stereocenters. The van der Waals surface area contributed by atoms with Crippen LogP contribution >= 0.6 is 0 Å². The minimum absolute atomic E-state index is 0.123. The number of carbonyl (C=O) groups excluding carboxylic acids is 1. The first kappa shape index (κ1) is 19.3. The van der Waals surface area contributed by atoms with Gasteiger partial charge in [0.25, 0.3) is 0 Å². The van der Waals surface area contributed by atoms with Gasteiger partial charge in [-0.15, -0.1) is 5.10 Å². The predicted octanol–water partition coefficient (Wildman–Crippen LogP) is 2.94. The summed E-state index contributed by atoms with van der Waals surface area (Å²) < 4.78 is 2.02. The third-order valence-electron chi connectivity index (χ3n) is 6.49. The molecular formula is C20H35N5O. The fourth-order valence-electron chi connectivity index (χ4n) is 4.30. The van der Waals surface area contributed by atoms with Crippen LogP contribution in [0.25, 0.3) is 0 Å². The molecule has 2 fully saturated rings. The molecule has 2 heterocycles. The third-order valence-corrected chi connectivity index (χ3v) is 6.49. The first-order valence-corrected chi connectivity index (χ1v) is 10.5. The number of rotatable bonds is 6. The Morgan fingerprint density at radius 3 is 2.58 bits per heavy atom. The largest absolute Gasteiger partial charge is 0.341 e. The van der Waals surface area contributed by atoms with Crippen LogP contribution < -0.4 is 5.73 Å². The lowest BCUT2D eigenvalue weighted by Gasteiger charge is -2.34. The van der Waals surface area contributed by atoms with Gasteiger partial charge in [0.05, 0.1) is 11.7 Å². The molecule has 1 aliphatic carbocycles. The smallest absolute Gasteiger partial charge is 0.239 e. The standard InChI is InChI=1S/C20H35N5O/c1-3-15(2)19(21)20(26)24-11-9-16(10-12-24)13-25-14-18(22-23-25)17-7-5-4-6-8-17/h14-17,19H,3-13,21H2,1-2H3/t15-,19-/m0/s1. The van der Waals surface area contributed by atoms with E-state index in [1.807, 2.05) is 9.58 Å². The van der Waals surface area contributed by atoms with Crippen molar-refractivity contribution >= 4 is 5.91 Å². The van der Waals surface area contributed by atoms with Crippen LogP contribution in [0.2, 0.25) is 0 Å². The monoisotopic (exact) mass is 361 g/mol. The summed E-state index contributed by atoms with van der Waals surface area (Å²) in [4.78, 5) is 14.5. The van der Waals surface area contributed by atoms with Crippen molar-refractivity contribution in [2.45, 2.75) is 83.7 Å². The van der Waals surface area contributed by atoms with E-state index in [1.54, 1.807) is 0 Å². The average molecular weight is 362 g/mol. The molecule has 1 amide bonds. The van der Waals surface area contributed by atoms with E-state index in [1.165, 1.54) is 37.8 Å². The highest BCUT2D eigenvalue weighted by molar-refractivity contribution is 5.82. The zero-order valence-electron chi connectivity index (χ0n) is 16.4. The van der Waals surface area contributed by atoms with Crippen LogP contribution in [-0.2, 0) is 11.3 Å². The zero-order valence-corrected chi connectivity index (χ0v) is 16.4. The Hall–Kier alpha value is -1.43. The molecule has 0 bridgehead atoms. The number of hydrogen-bond acceptors (Lipinski definition) is 4. The van der Waals surface area contributed by atoms with Crippen LogP contribution in [0.5, 0.6) is 0 Å². The number of likely N-dealkylation sites (tertiary alicyclic amines) is 1. The Kier molecular flexibility index (Phi) is 6.68. The highest BCUT2D eigenvalue weighted by Gasteiger charge is 2.29. The van der Waals surface area contributed by atoms with Crippen molar-refractivity contribution in [1.29, 1.82) is 0 Å². The van der Waals surface area contributed by atoms with Gasteiger partial charge in [-0.2, -0.15) is 0 Å². The molecular weight excluding hydrogens is 326 g/mol. The van der Waals surface area contributed by atoms with Gasteiger partial charge in [-0.3, -0.25) is 9.48 Å². The maximum absolute atomic E-state index is 12.5. The van der Waals surface area contributed by atoms with E-state index in [9.17, 15) is 4.79 Å². The number of aromatic nitrogens is 3. The SMILES string of the molecule is CC[C@H](C)[C@H](N)C(=O)N1CCC(Cn2cc(C3CCCCC3)nn2)CC1. The molecule has 26 heavy (non-hydrogen) atoms. The van der Waals surface area contributed by atoms with E-state index >= 15 is 0 Å². The molecule has 0 spiro atoms. The molecule has 1 saturated carbocycles. The van der Waals surface area contributed by atoms with Crippen LogP contribution in [0.4, 0.5) is 0 Å². The predicted molar refractivity (Wildman–Crippen MR) is 103 cm³/mol. The molecule has 0 aromatic carbocycles. The van der Waals surface area contributed by atoms with Crippen molar-refractivity contribution < 1.29 is 4.79 Å². The van der Waals surface area contributed by atoms with E-state index in [2.05, 4.69) is 30.4 Å². The molecule has 2 aliphatic rings. The number of nitrogens with two attached hydrogens (primary N) is 1. The van der Waals surface area contributed by atoms with Gasteiger partial charge in [0, 0.05) is 31.7 Å². The molecule has 1 aromatic rings. The molecule has 2 N–H and O–H groups in total. The number of hydrogen-bond donors (Lipinski definition) is 1. The fraction of sp³-hybridized carbons (Fsp3) is 0.850. The Morgan fingerprint density at radius 2 is 1.92 bits per heavy atom. The average Bonchev–Trinajstić information content (AvgIpc) is 3.16. The van der Waals surface area contributed by atoms with Gasteiger partial charge in [0.15, 0.2) is 0 Å². The zero-order chi connectivity index (χ0) is 18.5. The third kappa shape index (κ3) is 4.64. The summed E-state index contributed by atoms with van der Waals surface area (Å²) in [5.41, 5.74) is 7.30. The second-order valence-corrected chi connectivity index (χ2v) is 8.38. The number of amides is 1. The Morgan fingerprint density at radius 1 is 1.23 bits per heavy atom. The van der Waals surface area contributed by atoms with Crippen molar-refractivity contribution in [1.82, 2.24) is 19.9 Å². The lowest BCUT2D eigenvalue weighted by atomic mass is 9.87. The van der Waals surface area contributed by atoms with E-state index in [0.29, 0.717) is 11.8 Å². The van der Waals surface area contributed by atoms with Gasteiger partial charge in [0.2, 0.25) is 5.91 Å². The molecule has 3 rings (SSSR count).